The highest BCUT2D eigenvalue weighted by Crippen LogP contribution is 2.34. The van der Waals surface area contributed by atoms with E-state index in [-0.39, 0.29) is 24.4 Å². The van der Waals surface area contributed by atoms with Crippen molar-refractivity contribution < 1.29 is 28.2 Å². The van der Waals surface area contributed by atoms with Gasteiger partial charge in [0.05, 0.1) is 16.8 Å². The standard InChI is InChI=1S/C35H35FN6O5/c1-21-9-8-12-29(39-21)32-27(25-13-14-38-28-11-7-6-10-26(25)28)18-42(41-32)19-31(43)40-24-16-22(15-23(36)17-24)33(44)46-20-30(35(2,3)4)47-34(45)37-5/h6-18,30H,19-20H2,1-5H3,(H,37,45)(H,40,43). The summed E-state index contributed by atoms with van der Waals surface area (Å²) in [6.45, 7) is 6.91. The molecule has 0 aliphatic carbocycles. The van der Waals surface area contributed by atoms with Crippen LogP contribution in [0.4, 0.5) is 14.9 Å². The van der Waals surface area contributed by atoms with E-state index in [0.717, 1.165) is 39.9 Å². The number of ether oxygens (including phenoxy) is 2. The van der Waals surface area contributed by atoms with Crippen LogP contribution in [-0.2, 0) is 20.8 Å². The van der Waals surface area contributed by atoms with Crippen molar-refractivity contribution in [3.05, 3.63) is 96.2 Å². The summed E-state index contributed by atoms with van der Waals surface area (Å²) < 4.78 is 26.8. The first-order chi connectivity index (χ1) is 22.4. The number of amides is 2. The summed E-state index contributed by atoms with van der Waals surface area (Å²) in [4.78, 5) is 46.9. The fourth-order valence-electron chi connectivity index (χ4n) is 4.91. The van der Waals surface area contributed by atoms with Crippen molar-refractivity contribution in [2.75, 3.05) is 19.0 Å². The maximum atomic E-state index is 14.6. The topological polar surface area (TPSA) is 137 Å². The summed E-state index contributed by atoms with van der Waals surface area (Å²) in [5.41, 5.74) is 3.89. The van der Waals surface area contributed by atoms with Crippen LogP contribution in [-0.4, -0.2) is 57.5 Å². The Morgan fingerprint density at radius 3 is 2.53 bits per heavy atom. The smallest absolute Gasteiger partial charge is 0.407 e. The molecule has 2 amide bonds. The summed E-state index contributed by atoms with van der Waals surface area (Å²) >= 11 is 0. The van der Waals surface area contributed by atoms with Gasteiger partial charge in [-0.15, -0.1) is 0 Å². The molecule has 0 fully saturated rings. The van der Waals surface area contributed by atoms with E-state index in [0.29, 0.717) is 11.4 Å². The fourth-order valence-corrected chi connectivity index (χ4v) is 4.91. The lowest BCUT2D eigenvalue weighted by Crippen LogP contribution is -2.38. The van der Waals surface area contributed by atoms with Gasteiger partial charge in [0.25, 0.3) is 0 Å². The van der Waals surface area contributed by atoms with Crippen molar-refractivity contribution >= 4 is 34.6 Å². The lowest BCUT2D eigenvalue weighted by Gasteiger charge is -2.29. The fraction of sp³-hybridized carbons (Fsp3) is 0.257. The SMILES string of the molecule is CNC(=O)OC(COC(=O)c1cc(F)cc(NC(=O)Cn2cc(-c3ccnc4ccccc34)c(-c3cccc(C)n3)n2)c1)C(C)(C)C. The van der Waals surface area contributed by atoms with Crippen LogP contribution in [0.5, 0.6) is 0 Å². The Hall–Kier alpha value is -5.65. The van der Waals surface area contributed by atoms with Crippen molar-refractivity contribution in [3.8, 4) is 22.5 Å². The number of hydrogen-bond donors (Lipinski definition) is 2. The number of aryl methyl sites for hydroxylation is 1. The molecule has 0 aliphatic rings. The van der Waals surface area contributed by atoms with Crippen molar-refractivity contribution in [3.63, 3.8) is 0 Å². The highest BCUT2D eigenvalue weighted by atomic mass is 19.1. The molecule has 12 heteroatoms. The molecule has 3 aromatic heterocycles. The number of alkyl carbamates (subject to hydrolysis) is 1. The van der Waals surface area contributed by atoms with E-state index >= 15 is 0 Å². The zero-order valence-corrected chi connectivity index (χ0v) is 26.7. The van der Waals surface area contributed by atoms with Crippen LogP contribution in [0.1, 0.15) is 36.8 Å². The predicted molar refractivity (Wildman–Crippen MR) is 175 cm³/mol. The quantitative estimate of drug-likeness (QED) is 0.183. The third kappa shape index (κ3) is 7.96. The first-order valence-electron chi connectivity index (χ1n) is 14.9. The normalized spacial score (nSPS) is 12.0. The van der Waals surface area contributed by atoms with Crippen LogP contribution in [0, 0.1) is 18.2 Å². The number of rotatable bonds is 9. The first-order valence-corrected chi connectivity index (χ1v) is 14.9. The predicted octanol–water partition coefficient (Wildman–Crippen LogP) is 6.17. The molecule has 5 aromatic rings. The molecule has 0 bridgehead atoms. The largest absolute Gasteiger partial charge is 0.458 e. The van der Waals surface area contributed by atoms with Gasteiger partial charge in [-0.2, -0.15) is 5.10 Å². The van der Waals surface area contributed by atoms with Gasteiger partial charge < -0.3 is 20.1 Å². The number of fused-ring (bicyclic) bond motifs is 1. The molecular formula is C35H35FN6O5. The number of halogens is 1. The van der Waals surface area contributed by atoms with E-state index in [4.69, 9.17) is 14.6 Å². The maximum absolute atomic E-state index is 14.6. The van der Waals surface area contributed by atoms with Gasteiger partial charge >= 0.3 is 12.1 Å². The molecule has 1 unspecified atom stereocenters. The molecule has 0 saturated carbocycles. The highest BCUT2D eigenvalue weighted by Gasteiger charge is 2.30. The monoisotopic (exact) mass is 638 g/mol. The molecule has 0 aliphatic heterocycles. The number of aromatic nitrogens is 4. The minimum Gasteiger partial charge on any atom is -0.458 e. The molecule has 1 atom stereocenters. The minimum atomic E-state index is -0.841. The van der Waals surface area contributed by atoms with E-state index in [2.05, 4.69) is 20.6 Å². The van der Waals surface area contributed by atoms with Gasteiger partial charge in [-0.05, 0) is 55.0 Å². The van der Waals surface area contributed by atoms with E-state index in [1.807, 2.05) is 76.2 Å². The van der Waals surface area contributed by atoms with Gasteiger partial charge in [0.1, 0.15) is 30.8 Å². The van der Waals surface area contributed by atoms with Crippen LogP contribution < -0.4 is 10.6 Å². The molecule has 5 rings (SSSR count). The van der Waals surface area contributed by atoms with E-state index < -0.39 is 35.3 Å². The molecular weight excluding hydrogens is 603 g/mol. The van der Waals surface area contributed by atoms with Crippen LogP contribution in [0.15, 0.2) is 79.1 Å². The van der Waals surface area contributed by atoms with E-state index in [1.165, 1.54) is 17.8 Å². The van der Waals surface area contributed by atoms with Crippen molar-refractivity contribution in [2.45, 2.75) is 40.3 Å². The number of carbonyl (C=O) groups excluding carboxylic acids is 3. The number of esters is 1. The number of nitrogens with zero attached hydrogens (tertiary/aromatic N) is 4. The summed E-state index contributed by atoms with van der Waals surface area (Å²) in [6, 6.07) is 18.7. The summed E-state index contributed by atoms with van der Waals surface area (Å²) in [7, 11) is 1.42. The molecule has 11 nitrogen and oxygen atoms in total. The van der Waals surface area contributed by atoms with Crippen molar-refractivity contribution in [2.24, 2.45) is 5.41 Å². The van der Waals surface area contributed by atoms with Gasteiger partial charge in [-0.25, -0.2) is 14.0 Å². The molecule has 2 N–H and O–H groups in total. The molecule has 3 heterocycles. The zero-order chi connectivity index (χ0) is 33.7. The number of nitrogens with one attached hydrogen (secondary N) is 2. The molecule has 47 heavy (non-hydrogen) atoms. The minimum absolute atomic E-state index is 0.0593. The summed E-state index contributed by atoms with van der Waals surface area (Å²) in [5, 5.41) is 10.6. The molecule has 2 aromatic carbocycles. The Labute approximate surface area is 271 Å². The van der Waals surface area contributed by atoms with Crippen LogP contribution in [0.2, 0.25) is 0 Å². The molecule has 0 saturated heterocycles. The van der Waals surface area contributed by atoms with Crippen LogP contribution in [0.25, 0.3) is 33.4 Å². The Kier molecular flexibility index (Phi) is 9.59. The van der Waals surface area contributed by atoms with E-state index in [1.54, 1.807) is 12.4 Å². The van der Waals surface area contributed by atoms with Crippen LogP contribution >= 0.6 is 0 Å². The highest BCUT2D eigenvalue weighted by molar-refractivity contribution is 5.98. The van der Waals surface area contributed by atoms with Gasteiger partial charge in [-0.1, -0.05) is 45.0 Å². The third-order valence-electron chi connectivity index (χ3n) is 7.34. The average molecular weight is 639 g/mol. The van der Waals surface area contributed by atoms with Crippen molar-refractivity contribution in [1.29, 1.82) is 0 Å². The second-order valence-electron chi connectivity index (χ2n) is 12.0. The van der Waals surface area contributed by atoms with E-state index in [9.17, 15) is 18.8 Å². The Morgan fingerprint density at radius 1 is 1.00 bits per heavy atom. The zero-order valence-electron chi connectivity index (χ0n) is 26.7. The van der Waals surface area contributed by atoms with Gasteiger partial charge in [0, 0.05) is 47.2 Å². The van der Waals surface area contributed by atoms with Gasteiger partial charge in [0.15, 0.2) is 0 Å². The van der Waals surface area contributed by atoms with Crippen molar-refractivity contribution in [1.82, 2.24) is 25.1 Å². The average Bonchev–Trinajstić information content (AvgIpc) is 3.44. The lowest BCUT2D eigenvalue weighted by atomic mass is 9.89. The Balaban J connectivity index is 1.36. The molecule has 0 spiro atoms. The summed E-state index contributed by atoms with van der Waals surface area (Å²) in [5.74, 6) is -2.09. The second kappa shape index (κ2) is 13.8. The number of hydrogen-bond acceptors (Lipinski definition) is 8. The Morgan fingerprint density at radius 2 is 1.79 bits per heavy atom. The third-order valence-corrected chi connectivity index (χ3v) is 7.34. The number of benzene rings is 2. The number of anilines is 1. The second-order valence-corrected chi connectivity index (χ2v) is 12.0. The lowest BCUT2D eigenvalue weighted by molar-refractivity contribution is -0.116. The Bertz CT molecular complexity index is 1950. The summed E-state index contributed by atoms with van der Waals surface area (Å²) in [6.07, 6.45) is 2.06. The van der Waals surface area contributed by atoms with Gasteiger partial charge in [0.2, 0.25) is 5.91 Å². The first kappa shape index (κ1) is 32.7. The number of para-hydroxylation sites is 1. The molecule has 0 radical (unpaired) electrons. The number of carbonyl (C=O) groups is 3. The number of pyridine rings is 2. The van der Waals surface area contributed by atoms with Crippen LogP contribution in [0.3, 0.4) is 0 Å². The van der Waals surface area contributed by atoms with Gasteiger partial charge in [-0.3, -0.25) is 19.4 Å². The molecule has 242 valence electrons. The maximum Gasteiger partial charge on any atom is 0.407 e.